The van der Waals surface area contributed by atoms with E-state index in [0.29, 0.717) is 17.1 Å². The summed E-state index contributed by atoms with van der Waals surface area (Å²) >= 11 is 0. The summed E-state index contributed by atoms with van der Waals surface area (Å²) in [5.41, 5.74) is 0.483. The molecule has 0 aliphatic carbocycles. The number of hydrogen-bond acceptors (Lipinski definition) is 4. The van der Waals surface area contributed by atoms with E-state index in [-0.39, 0.29) is 18.0 Å². The van der Waals surface area contributed by atoms with Crippen molar-refractivity contribution in [2.24, 2.45) is 0 Å². The van der Waals surface area contributed by atoms with Crippen LogP contribution in [0.1, 0.15) is 28.3 Å². The zero-order valence-corrected chi connectivity index (χ0v) is 9.85. The lowest BCUT2D eigenvalue weighted by Crippen LogP contribution is -2.09. The second-order valence-corrected chi connectivity index (χ2v) is 5.89. The summed E-state index contributed by atoms with van der Waals surface area (Å²) in [6.07, 6.45) is 1.13. The van der Waals surface area contributed by atoms with Crippen molar-refractivity contribution in [3.05, 3.63) is 23.2 Å². The molecule has 1 rings (SSSR count). The van der Waals surface area contributed by atoms with Crippen LogP contribution in [0, 0.1) is 13.8 Å². The Balaban J connectivity index is 2.74. The molecular weight excluding hydrogens is 216 g/mol. The van der Waals surface area contributed by atoms with Crippen molar-refractivity contribution in [3.63, 3.8) is 0 Å². The fourth-order valence-corrected chi connectivity index (χ4v) is 1.88. The van der Waals surface area contributed by atoms with E-state index in [9.17, 15) is 13.2 Å². The van der Waals surface area contributed by atoms with Gasteiger partial charge in [0.05, 0.1) is 11.3 Å². The molecule has 0 amide bonds. The van der Waals surface area contributed by atoms with Gasteiger partial charge in [-0.25, -0.2) is 8.42 Å². The lowest BCUT2D eigenvalue weighted by Gasteiger charge is -1.97. The molecule has 1 heterocycles. The van der Waals surface area contributed by atoms with Crippen LogP contribution in [0.5, 0.6) is 0 Å². The molecule has 1 aromatic rings. The van der Waals surface area contributed by atoms with Gasteiger partial charge in [-0.05, 0) is 19.9 Å². The molecule has 0 aromatic carbocycles. The van der Waals surface area contributed by atoms with Crippen LogP contribution < -0.4 is 0 Å². The SMILES string of the molecule is Cc1cc(C(=O)CCS(C)(=O)=O)c(C)o1. The number of Topliss-reactive ketones (excluding diaryl/α,β-unsaturated/α-hetero) is 1. The molecule has 0 saturated carbocycles. The van der Waals surface area contributed by atoms with Gasteiger partial charge in [0.15, 0.2) is 5.78 Å². The van der Waals surface area contributed by atoms with Crippen LogP contribution in [0.15, 0.2) is 10.5 Å². The molecule has 4 nitrogen and oxygen atoms in total. The van der Waals surface area contributed by atoms with Crippen molar-refractivity contribution < 1.29 is 17.6 Å². The molecular formula is C10H14O4S. The van der Waals surface area contributed by atoms with E-state index in [1.807, 2.05) is 0 Å². The minimum Gasteiger partial charge on any atom is -0.466 e. The van der Waals surface area contributed by atoms with Crippen LogP contribution >= 0.6 is 0 Å². The molecule has 0 aliphatic rings. The van der Waals surface area contributed by atoms with Crippen LogP contribution in [0.4, 0.5) is 0 Å². The van der Waals surface area contributed by atoms with Gasteiger partial charge >= 0.3 is 0 Å². The van der Waals surface area contributed by atoms with Crippen molar-refractivity contribution >= 4 is 15.6 Å². The number of rotatable bonds is 4. The molecule has 15 heavy (non-hydrogen) atoms. The van der Waals surface area contributed by atoms with Crippen molar-refractivity contribution in [1.82, 2.24) is 0 Å². The third-order valence-electron chi connectivity index (χ3n) is 2.04. The Morgan fingerprint density at radius 2 is 2.00 bits per heavy atom. The van der Waals surface area contributed by atoms with E-state index in [2.05, 4.69) is 0 Å². The second-order valence-electron chi connectivity index (χ2n) is 3.63. The fourth-order valence-electron chi connectivity index (χ4n) is 1.32. The van der Waals surface area contributed by atoms with E-state index in [4.69, 9.17) is 4.42 Å². The van der Waals surface area contributed by atoms with Crippen molar-refractivity contribution in [1.29, 1.82) is 0 Å². The monoisotopic (exact) mass is 230 g/mol. The summed E-state index contributed by atoms with van der Waals surface area (Å²) in [5, 5.41) is 0. The van der Waals surface area contributed by atoms with Gasteiger partial charge in [0.25, 0.3) is 0 Å². The number of sulfone groups is 1. The molecule has 0 fully saturated rings. The minimum absolute atomic E-state index is 0.0125. The predicted octanol–water partition coefficient (Wildman–Crippen LogP) is 1.51. The van der Waals surface area contributed by atoms with Crippen molar-refractivity contribution in [2.75, 3.05) is 12.0 Å². The Kier molecular flexibility index (Phi) is 3.34. The van der Waals surface area contributed by atoms with E-state index in [1.54, 1.807) is 19.9 Å². The van der Waals surface area contributed by atoms with Crippen LogP contribution in [-0.2, 0) is 9.84 Å². The molecule has 0 N–H and O–H groups in total. The topological polar surface area (TPSA) is 64.3 Å². The highest BCUT2D eigenvalue weighted by Gasteiger charge is 2.15. The van der Waals surface area contributed by atoms with E-state index in [1.165, 1.54) is 0 Å². The molecule has 84 valence electrons. The standard InChI is InChI=1S/C10H14O4S/c1-7-6-9(8(2)14-7)10(11)4-5-15(3,12)13/h6H,4-5H2,1-3H3. The van der Waals surface area contributed by atoms with E-state index in [0.717, 1.165) is 6.26 Å². The van der Waals surface area contributed by atoms with Crippen LogP contribution in [0.25, 0.3) is 0 Å². The Morgan fingerprint density at radius 1 is 1.40 bits per heavy atom. The molecule has 0 spiro atoms. The van der Waals surface area contributed by atoms with Gasteiger partial charge in [0, 0.05) is 12.7 Å². The van der Waals surface area contributed by atoms with Gasteiger partial charge in [-0.15, -0.1) is 0 Å². The first-order chi connectivity index (χ1) is 6.79. The number of hydrogen-bond donors (Lipinski definition) is 0. The Bertz CT molecular complexity index is 468. The third-order valence-corrected chi connectivity index (χ3v) is 2.99. The lowest BCUT2D eigenvalue weighted by molar-refractivity contribution is 0.0987. The zero-order valence-electron chi connectivity index (χ0n) is 9.03. The maximum atomic E-state index is 11.6. The lowest BCUT2D eigenvalue weighted by atomic mass is 10.1. The number of aryl methyl sites for hydroxylation is 2. The Hall–Kier alpha value is -1.10. The van der Waals surface area contributed by atoms with E-state index < -0.39 is 9.84 Å². The third kappa shape index (κ3) is 3.51. The smallest absolute Gasteiger partial charge is 0.167 e. The molecule has 0 saturated heterocycles. The quantitative estimate of drug-likeness (QED) is 0.735. The highest BCUT2D eigenvalue weighted by Crippen LogP contribution is 2.15. The second kappa shape index (κ2) is 4.18. The highest BCUT2D eigenvalue weighted by atomic mass is 32.2. The molecule has 0 unspecified atom stereocenters. The van der Waals surface area contributed by atoms with Gasteiger partial charge in [-0.2, -0.15) is 0 Å². The number of furan rings is 1. The predicted molar refractivity (Wildman–Crippen MR) is 56.8 cm³/mol. The van der Waals surface area contributed by atoms with Gasteiger partial charge in [0.1, 0.15) is 21.4 Å². The zero-order chi connectivity index (χ0) is 11.6. The number of ketones is 1. The largest absolute Gasteiger partial charge is 0.466 e. The molecule has 0 bridgehead atoms. The van der Waals surface area contributed by atoms with Crippen LogP contribution in [0.2, 0.25) is 0 Å². The van der Waals surface area contributed by atoms with Gasteiger partial charge in [-0.3, -0.25) is 4.79 Å². The molecule has 0 aliphatic heterocycles. The summed E-state index contributed by atoms with van der Waals surface area (Å²) < 4.78 is 27.0. The molecule has 5 heteroatoms. The Labute approximate surface area is 89.2 Å². The first kappa shape index (κ1) is 12.0. The van der Waals surface area contributed by atoms with Crippen LogP contribution in [0.3, 0.4) is 0 Å². The maximum Gasteiger partial charge on any atom is 0.167 e. The summed E-state index contributed by atoms with van der Waals surface area (Å²) in [4.78, 5) is 11.6. The molecule has 1 aromatic heterocycles. The first-order valence-corrected chi connectivity index (χ1v) is 6.63. The molecule has 0 atom stereocenters. The van der Waals surface area contributed by atoms with Gasteiger partial charge < -0.3 is 4.42 Å². The van der Waals surface area contributed by atoms with E-state index >= 15 is 0 Å². The minimum atomic E-state index is -3.08. The van der Waals surface area contributed by atoms with Gasteiger partial charge in [-0.1, -0.05) is 0 Å². The Morgan fingerprint density at radius 3 is 2.40 bits per heavy atom. The summed E-state index contributed by atoms with van der Waals surface area (Å²) in [6.45, 7) is 3.45. The molecule has 0 radical (unpaired) electrons. The van der Waals surface area contributed by atoms with Crippen LogP contribution in [-0.4, -0.2) is 26.2 Å². The number of carbonyl (C=O) groups excluding carboxylic acids is 1. The fraction of sp³-hybridized carbons (Fsp3) is 0.500. The summed E-state index contributed by atoms with van der Waals surface area (Å²) in [6, 6.07) is 1.64. The van der Waals surface area contributed by atoms with Crippen molar-refractivity contribution in [2.45, 2.75) is 20.3 Å². The summed E-state index contributed by atoms with van der Waals surface area (Å²) in [7, 11) is -3.08. The average molecular weight is 230 g/mol. The highest BCUT2D eigenvalue weighted by molar-refractivity contribution is 7.90. The summed E-state index contributed by atoms with van der Waals surface area (Å²) in [5.74, 6) is 0.908. The number of carbonyl (C=O) groups is 1. The maximum absolute atomic E-state index is 11.6. The first-order valence-electron chi connectivity index (χ1n) is 4.57. The normalized spacial score (nSPS) is 11.7. The van der Waals surface area contributed by atoms with Crippen molar-refractivity contribution in [3.8, 4) is 0 Å². The average Bonchev–Trinajstić information content (AvgIpc) is 2.40. The van der Waals surface area contributed by atoms with Gasteiger partial charge in [0.2, 0.25) is 0 Å².